The van der Waals surface area contributed by atoms with E-state index in [1.165, 1.54) is 0 Å². The summed E-state index contributed by atoms with van der Waals surface area (Å²) in [6.45, 7) is 4.15. The predicted octanol–water partition coefficient (Wildman–Crippen LogP) is 0.989. The van der Waals surface area contributed by atoms with Crippen LogP contribution in [0.4, 0.5) is 5.82 Å². The first-order chi connectivity index (χ1) is 13.1. The van der Waals surface area contributed by atoms with E-state index in [-0.39, 0.29) is 17.6 Å². The SMILES string of the molecule is Cc1ncc(C(=O)NC[C@H]2[C@H]3CN(c4cnccn4)C[C@]34CC[C@H]2O4)cn1. The minimum atomic E-state index is -0.129. The molecule has 4 atom stereocenters. The first-order valence-corrected chi connectivity index (χ1v) is 9.40. The van der Waals surface area contributed by atoms with Gasteiger partial charge >= 0.3 is 0 Å². The molecule has 3 saturated heterocycles. The quantitative estimate of drug-likeness (QED) is 0.862. The Kier molecular flexibility index (Phi) is 3.82. The molecule has 0 saturated carbocycles. The fourth-order valence-corrected chi connectivity index (χ4v) is 4.92. The fraction of sp³-hybridized carbons (Fsp3) is 0.526. The third-order valence-corrected chi connectivity index (χ3v) is 6.20. The van der Waals surface area contributed by atoms with Gasteiger partial charge in [0, 0.05) is 56.3 Å². The molecule has 0 unspecified atom stereocenters. The number of ether oxygens (including phenoxy) is 1. The highest BCUT2D eigenvalue weighted by molar-refractivity contribution is 5.93. The molecular formula is C19H22N6O2. The Morgan fingerprint density at radius 1 is 1.30 bits per heavy atom. The average Bonchev–Trinajstić information content (AvgIpc) is 3.36. The summed E-state index contributed by atoms with van der Waals surface area (Å²) in [5.74, 6) is 2.14. The van der Waals surface area contributed by atoms with E-state index in [0.717, 1.165) is 31.7 Å². The molecule has 8 heteroatoms. The first kappa shape index (κ1) is 16.6. The molecule has 27 heavy (non-hydrogen) atoms. The molecule has 3 fully saturated rings. The number of aryl methyl sites for hydroxylation is 1. The largest absolute Gasteiger partial charge is 0.369 e. The van der Waals surface area contributed by atoms with Crippen LogP contribution in [0, 0.1) is 18.8 Å². The van der Waals surface area contributed by atoms with Gasteiger partial charge in [0.25, 0.3) is 5.91 Å². The monoisotopic (exact) mass is 366 g/mol. The maximum absolute atomic E-state index is 12.4. The van der Waals surface area contributed by atoms with Crippen LogP contribution in [-0.2, 0) is 4.74 Å². The van der Waals surface area contributed by atoms with Crippen LogP contribution in [0.2, 0.25) is 0 Å². The number of fused-ring (bicyclic) bond motifs is 1. The normalized spacial score (nSPS) is 31.1. The minimum Gasteiger partial charge on any atom is -0.369 e. The Bertz CT molecular complexity index is 845. The number of aromatic nitrogens is 4. The number of amides is 1. The molecule has 140 valence electrons. The van der Waals surface area contributed by atoms with E-state index in [9.17, 15) is 4.79 Å². The van der Waals surface area contributed by atoms with Crippen molar-refractivity contribution in [1.82, 2.24) is 25.3 Å². The highest BCUT2D eigenvalue weighted by Gasteiger charge is 2.63. The van der Waals surface area contributed by atoms with Gasteiger partial charge < -0.3 is 15.0 Å². The fourth-order valence-electron chi connectivity index (χ4n) is 4.92. The summed E-state index contributed by atoms with van der Waals surface area (Å²) in [6.07, 6.45) is 10.7. The van der Waals surface area contributed by atoms with Crippen molar-refractivity contribution >= 4 is 11.7 Å². The van der Waals surface area contributed by atoms with Crippen molar-refractivity contribution < 1.29 is 9.53 Å². The van der Waals surface area contributed by atoms with Crippen molar-refractivity contribution in [1.29, 1.82) is 0 Å². The third-order valence-electron chi connectivity index (χ3n) is 6.20. The number of carbonyl (C=O) groups excluding carboxylic acids is 1. The average molecular weight is 366 g/mol. The Labute approximate surface area is 157 Å². The van der Waals surface area contributed by atoms with E-state index in [4.69, 9.17) is 4.74 Å². The van der Waals surface area contributed by atoms with Crippen molar-refractivity contribution in [3.63, 3.8) is 0 Å². The van der Waals surface area contributed by atoms with Crippen LogP contribution in [-0.4, -0.2) is 57.2 Å². The summed E-state index contributed by atoms with van der Waals surface area (Å²) in [5.41, 5.74) is 0.386. The van der Waals surface area contributed by atoms with Gasteiger partial charge in [0.1, 0.15) is 11.6 Å². The summed E-state index contributed by atoms with van der Waals surface area (Å²) in [4.78, 5) is 31.5. The van der Waals surface area contributed by atoms with Gasteiger partial charge in [-0.2, -0.15) is 0 Å². The standard InChI is InChI=1S/C19H22N6O2/c1-12-22-6-13(7-23-12)18(26)24-8-14-15-10-25(17-9-20-4-5-21-17)11-19(15)3-2-16(14)27-19/h4-7,9,14-16H,2-3,8,10-11H2,1H3,(H,24,26)/t14-,15+,16+,19+/m0/s1. The van der Waals surface area contributed by atoms with Crippen LogP contribution >= 0.6 is 0 Å². The van der Waals surface area contributed by atoms with E-state index in [1.54, 1.807) is 37.9 Å². The molecule has 0 aromatic carbocycles. The van der Waals surface area contributed by atoms with Gasteiger partial charge in [-0.1, -0.05) is 0 Å². The van der Waals surface area contributed by atoms with Crippen LogP contribution in [0.5, 0.6) is 0 Å². The van der Waals surface area contributed by atoms with Crippen molar-refractivity contribution in [3.05, 3.63) is 42.4 Å². The number of hydrogen-bond donors (Lipinski definition) is 1. The van der Waals surface area contributed by atoms with Gasteiger partial charge in [0.15, 0.2) is 0 Å². The summed E-state index contributed by atoms with van der Waals surface area (Å²) in [6, 6.07) is 0. The lowest BCUT2D eigenvalue weighted by Gasteiger charge is -2.29. The summed E-state index contributed by atoms with van der Waals surface area (Å²) in [5, 5.41) is 3.06. The Balaban J connectivity index is 1.28. The van der Waals surface area contributed by atoms with Gasteiger partial charge in [0.2, 0.25) is 0 Å². The number of carbonyl (C=O) groups is 1. The van der Waals surface area contributed by atoms with Crippen LogP contribution < -0.4 is 10.2 Å². The van der Waals surface area contributed by atoms with Crippen molar-refractivity contribution in [2.45, 2.75) is 31.5 Å². The number of nitrogens with one attached hydrogen (secondary N) is 1. The zero-order valence-corrected chi connectivity index (χ0v) is 15.2. The second-order valence-electron chi connectivity index (χ2n) is 7.70. The molecule has 2 aromatic rings. The molecule has 1 spiro atoms. The van der Waals surface area contributed by atoms with Gasteiger partial charge in [-0.05, 0) is 19.8 Å². The molecule has 5 rings (SSSR count). The van der Waals surface area contributed by atoms with Crippen molar-refractivity contribution in [2.24, 2.45) is 11.8 Å². The van der Waals surface area contributed by atoms with Crippen molar-refractivity contribution in [3.8, 4) is 0 Å². The van der Waals surface area contributed by atoms with E-state index in [2.05, 4.69) is 30.2 Å². The number of anilines is 1. The molecule has 5 heterocycles. The van der Waals surface area contributed by atoms with Gasteiger partial charge in [-0.25, -0.2) is 15.0 Å². The van der Waals surface area contributed by atoms with E-state index < -0.39 is 0 Å². The lowest BCUT2D eigenvalue weighted by molar-refractivity contribution is 0.0141. The molecule has 3 aliphatic rings. The molecule has 1 N–H and O–H groups in total. The maximum atomic E-state index is 12.4. The van der Waals surface area contributed by atoms with Crippen molar-refractivity contribution in [2.75, 3.05) is 24.5 Å². The Hall–Kier alpha value is -2.61. The van der Waals surface area contributed by atoms with E-state index in [1.807, 2.05) is 0 Å². The maximum Gasteiger partial charge on any atom is 0.254 e. The van der Waals surface area contributed by atoms with Crippen LogP contribution in [0.3, 0.4) is 0 Å². The second kappa shape index (κ2) is 6.23. The topological polar surface area (TPSA) is 93.1 Å². The molecule has 3 aliphatic heterocycles. The van der Waals surface area contributed by atoms with Gasteiger partial charge in [-0.15, -0.1) is 0 Å². The highest BCUT2D eigenvalue weighted by Crippen LogP contribution is 2.55. The molecule has 1 amide bonds. The number of rotatable bonds is 4. The minimum absolute atomic E-state index is 0.107. The predicted molar refractivity (Wildman–Crippen MR) is 97.2 cm³/mol. The smallest absolute Gasteiger partial charge is 0.254 e. The molecule has 0 radical (unpaired) electrons. The summed E-state index contributed by atoms with van der Waals surface area (Å²) < 4.78 is 6.44. The Morgan fingerprint density at radius 2 is 2.15 bits per heavy atom. The molecule has 2 bridgehead atoms. The molecule has 0 aliphatic carbocycles. The molecular weight excluding hydrogens is 344 g/mol. The molecule has 8 nitrogen and oxygen atoms in total. The van der Waals surface area contributed by atoms with Gasteiger partial charge in [-0.3, -0.25) is 9.78 Å². The first-order valence-electron chi connectivity index (χ1n) is 9.40. The van der Waals surface area contributed by atoms with Crippen LogP contribution in [0.15, 0.2) is 31.0 Å². The van der Waals surface area contributed by atoms with E-state index >= 15 is 0 Å². The number of nitrogens with zero attached hydrogens (tertiary/aromatic N) is 5. The highest BCUT2D eigenvalue weighted by atomic mass is 16.5. The van der Waals surface area contributed by atoms with E-state index in [0.29, 0.717) is 29.8 Å². The lowest BCUT2D eigenvalue weighted by Crippen LogP contribution is -2.41. The van der Waals surface area contributed by atoms with Crippen LogP contribution in [0.1, 0.15) is 29.0 Å². The van der Waals surface area contributed by atoms with Gasteiger partial charge in [0.05, 0.1) is 23.5 Å². The summed E-state index contributed by atoms with van der Waals surface area (Å²) in [7, 11) is 0. The second-order valence-corrected chi connectivity index (χ2v) is 7.70. The number of hydrogen-bond acceptors (Lipinski definition) is 7. The zero-order valence-electron chi connectivity index (χ0n) is 15.2. The molecule has 2 aromatic heterocycles. The Morgan fingerprint density at radius 3 is 2.93 bits per heavy atom. The third kappa shape index (κ3) is 2.75. The summed E-state index contributed by atoms with van der Waals surface area (Å²) >= 11 is 0. The van der Waals surface area contributed by atoms with Crippen LogP contribution in [0.25, 0.3) is 0 Å². The zero-order chi connectivity index (χ0) is 18.4. The lowest BCUT2D eigenvalue weighted by atomic mass is 9.73.